The highest BCUT2D eigenvalue weighted by Crippen LogP contribution is 2.22. The molecular formula is C16H10ClN5O4S. The number of nitrogens with zero attached hydrogens (tertiary/aromatic N) is 4. The molecule has 3 aromatic rings. The number of hydrogen-bond donors (Lipinski definition) is 1. The second kappa shape index (κ2) is 6.86. The number of para-hydroxylation sites is 1. The van der Waals surface area contributed by atoms with Gasteiger partial charge in [0.2, 0.25) is 20.8 Å². The zero-order chi connectivity index (χ0) is 19.8. The summed E-state index contributed by atoms with van der Waals surface area (Å²) >= 11 is 5.91. The van der Waals surface area contributed by atoms with Crippen molar-refractivity contribution in [1.29, 1.82) is 5.26 Å². The monoisotopic (exact) mass is 403 g/mol. The average Bonchev–Trinajstić information content (AvgIpc) is 2.61. The molecule has 1 N–H and O–H groups in total. The molecule has 136 valence electrons. The highest BCUT2D eigenvalue weighted by molar-refractivity contribution is 7.90. The summed E-state index contributed by atoms with van der Waals surface area (Å²) in [7, 11) is -3.80. The van der Waals surface area contributed by atoms with Crippen LogP contribution in [0.1, 0.15) is 22.2 Å². The zero-order valence-corrected chi connectivity index (χ0v) is 15.2. The number of sulfone groups is 1. The third kappa shape index (κ3) is 3.55. The molecule has 2 heterocycles. The Hall–Kier alpha value is -3.16. The van der Waals surface area contributed by atoms with Gasteiger partial charge in [0.1, 0.15) is 11.5 Å². The fourth-order valence-electron chi connectivity index (χ4n) is 2.32. The van der Waals surface area contributed by atoms with Crippen molar-refractivity contribution in [2.24, 2.45) is 0 Å². The van der Waals surface area contributed by atoms with E-state index in [2.05, 4.69) is 19.9 Å². The number of nitrogens with one attached hydrogen (secondary N) is 1. The van der Waals surface area contributed by atoms with Gasteiger partial charge in [-0.3, -0.25) is 9.59 Å². The molecule has 0 spiro atoms. The molecule has 1 atom stereocenters. The molecule has 27 heavy (non-hydrogen) atoms. The molecule has 3 rings (SSSR count). The number of benzene rings is 1. The average molecular weight is 404 g/mol. The fourth-order valence-corrected chi connectivity index (χ4v) is 3.01. The van der Waals surface area contributed by atoms with E-state index < -0.39 is 37.9 Å². The Morgan fingerprint density at radius 1 is 1.30 bits per heavy atom. The molecule has 0 fully saturated rings. The molecule has 0 aliphatic heterocycles. The molecule has 0 bridgehead atoms. The van der Waals surface area contributed by atoms with Crippen LogP contribution in [0.2, 0.25) is 5.02 Å². The summed E-state index contributed by atoms with van der Waals surface area (Å²) in [5.41, 5.74) is -0.668. The van der Waals surface area contributed by atoms with Gasteiger partial charge in [0.05, 0.1) is 28.2 Å². The second-order valence-corrected chi connectivity index (χ2v) is 7.83. The fraction of sp³-hybridized carbons (Fsp3) is 0.125. The molecule has 11 heteroatoms. The number of aromatic nitrogens is 4. The van der Waals surface area contributed by atoms with Crippen molar-refractivity contribution in [3.8, 4) is 6.07 Å². The number of rotatable bonds is 4. The van der Waals surface area contributed by atoms with Gasteiger partial charge in [0, 0.05) is 6.26 Å². The quantitative estimate of drug-likeness (QED) is 0.505. The SMILES string of the molecule is CS(=O)(=O)c1ncc(Cl)c(C(=O)C(C#N)c2nc3ccccc3c(=O)[nH]2)n1. The van der Waals surface area contributed by atoms with E-state index in [-0.39, 0.29) is 10.8 Å². The maximum Gasteiger partial charge on any atom is 0.258 e. The molecule has 9 nitrogen and oxygen atoms in total. The first kappa shape index (κ1) is 18.6. The number of aromatic amines is 1. The Morgan fingerprint density at radius 2 is 2.00 bits per heavy atom. The highest BCUT2D eigenvalue weighted by Gasteiger charge is 2.29. The van der Waals surface area contributed by atoms with Gasteiger partial charge in [-0.05, 0) is 12.1 Å². The Kier molecular flexibility index (Phi) is 4.73. The Balaban J connectivity index is 2.14. The van der Waals surface area contributed by atoms with Crippen LogP contribution in [0.3, 0.4) is 0 Å². The zero-order valence-electron chi connectivity index (χ0n) is 13.7. The second-order valence-electron chi connectivity index (χ2n) is 5.52. The molecule has 1 aromatic carbocycles. The topological polar surface area (TPSA) is 147 Å². The third-order valence-electron chi connectivity index (χ3n) is 3.58. The van der Waals surface area contributed by atoms with E-state index >= 15 is 0 Å². The third-order valence-corrected chi connectivity index (χ3v) is 4.72. The van der Waals surface area contributed by atoms with Gasteiger partial charge in [-0.25, -0.2) is 23.4 Å². The standard InChI is InChI=1S/C16H10ClN5O4S/c1-27(25,26)16-19-7-10(17)12(21-16)13(23)9(6-18)14-20-11-5-3-2-4-8(11)15(24)22-14/h2-5,7,9H,1H3,(H,20,22,24). The van der Waals surface area contributed by atoms with Crippen LogP contribution in [0, 0.1) is 11.3 Å². The number of fused-ring (bicyclic) bond motifs is 1. The molecule has 0 radical (unpaired) electrons. The van der Waals surface area contributed by atoms with Crippen molar-refractivity contribution >= 4 is 38.1 Å². The van der Waals surface area contributed by atoms with Crippen LogP contribution in [0.15, 0.2) is 40.4 Å². The lowest BCUT2D eigenvalue weighted by atomic mass is 10.0. The Labute approximate surface area is 157 Å². The molecule has 1 unspecified atom stereocenters. The summed E-state index contributed by atoms with van der Waals surface area (Å²) in [6.45, 7) is 0. The summed E-state index contributed by atoms with van der Waals surface area (Å²) in [5.74, 6) is -2.64. The van der Waals surface area contributed by atoms with Crippen LogP contribution in [0.25, 0.3) is 10.9 Å². The van der Waals surface area contributed by atoms with Gasteiger partial charge in [0.15, 0.2) is 5.92 Å². The molecular weight excluding hydrogens is 394 g/mol. The van der Waals surface area contributed by atoms with E-state index in [0.717, 1.165) is 12.5 Å². The van der Waals surface area contributed by atoms with Crippen molar-refractivity contribution in [3.05, 3.63) is 57.4 Å². The number of carbonyl (C=O) groups excluding carboxylic acids is 1. The van der Waals surface area contributed by atoms with Gasteiger partial charge >= 0.3 is 0 Å². The minimum Gasteiger partial charge on any atom is -0.308 e. The first-order valence-corrected chi connectivity index (χ1v) is 9.64. The molecule has 0 amide bonds. The van der Waals surface area contributed by atoms with Crippen molar-refractivity contribution in [2.45, 2.75) is 11.1 Å². The van der Waals surface area contributed by atoms with E-state index in [4.69, 9.17) is 11.6 Å². The first-order chi connectivity index (χ1) is 12.7. The van der Waals surface area contributed by atoms with Crippen LogP contribution >= 0.6 is 11.6 Å². The number of carbonyl (C=O) groups is 1. The number of H-pyrrole nitrogens is 1. The smallest absolute Gasteiger partial charge is 0.258 e. The van der Waals surface area contributed by atoms with E-state index in [9.17, 15) is 23.3 Å². The minimum atomic E-state index is -3.80. The molecule has 2 aromatic heterocycles. The van der Waals surface area contributed by atoms with Crippen LogP contribution in [-0.2, 0) is 9.84 Å². The van der Waals surface area contributed by atoms with E-state index in [0.29, 0.717) is 10.9 Å². The summed E-state index contributed by atoms with van der Waals surface area (Å²) in [6, 6.07) is 8.16. The van der Waals surface area contributed by atoms with Gasteiger partial charge < -0.3 is 4.98 Å². The van der Waals surface area contributed by atoms with Crippen LogP contribution in [0.5, 0.6) is 0 Å². The number of nitriles is 1. The maximum atomic E-state index is 12.8. The van der Waals surface area contributed by atoms with Crippen LogP contribution in [-0.4, -0.2) is 40.4 Å². The van der Waals surface area contributed by atoms with Gasteiger partial charge in [-0.15, -0.1) is 0 Å². The molecule has 0 aliphatic rings. The minimum absolute atomic E-state index is 0.193. The first-order valence-electron chi connectivity index (χ1n) is 7.37. The number of hydrogen-bond acceptors (Lipinski definition) is 8. The molecule has 0 saturated carbocycles. The Bertz CT molecular complexity index is 1280. The maximum absolute atomic E-state index is 12.8. The van der Waals surface area contributed by atoms with E-state index in [1.807, 2.05) is 0 Å². The summed E-state index contributed by atoms with van der Waals surface area (Å²) in [4.78, 5) is 38.7. The van der Waals surface area contributed by atoms with Crippen LogP contribution < -0.4 is 5.56 Å². The predicted octanol–water partition coefficient (Wildman–Crippen LogP) is 1.26. The van der Waals surface area contributed by atoms with E-state index in [1.165, 1.54) is 0 Å². The van der Waals surface area contributed by atoms with Crippen molar-refractivity contribution < 1.29 is 13.2 Å². The number of ketones is 1. The lowest BCUT2D eigenvalue weighted by Crippen LogP contribution is -2.21. The predicted molar refractivity (Wildman–Crippen MR) is 95.2 cm³/mol. The number of halogens is 1. The lowest BCUT2D eigenvalue weighted by Gasteiger charge is -2.10. The Morgan fingerprint density at radius 3 is 2.67 bits per heavy atom. The summed E-state index contributed by atoms with van der Waals surface area (Å²) in [5, 5.41) is 8.92. The number of Topliss-reactive ketones (excluding diaryl/α,β-unsaturated/α-hetero) is 1. The summed E-state index contributed by atoms with van der Waals surface area (Å²) < 4.78 is 23.2. The summed E-state index contributed by atoms with van der Waals surface area (Å²) in [6.07, 6.45) is 1.83. The van der Waals surface area contributed by atoms with Gasteiger partial charge in [-0.1, -0.05) is 23.7 Å². The highest BCUT2D eigenvalue weighted by atomic mass is 35.5. The lowest BCUT2D eigenvalue weighted by molar-refractivity contribution is 0.0970. The van der Waals surface area contributed by atoms with Gasteiger partial charge in [0.25, 0.3) is 5.56 Å². The van der Waals surface area contributed by atoms with Crippen LogP contribution in [0.4, 0.5) is 0 Å². The van der Waals surface area contributed by atoms with E-state index in [1.54, 1.807) is 30.3 Å². The van der Waals surface area contributed by atoms with Crippen molar-refractivity contribution in [3.63, 3.8) is 0 Å². The largest absolute Gasteiger partial charge is 0.308 e. The van der Waals surface area contributed by atoms with Crippen molar-refractivity contribution in [2.75, 3.05) is 6.26 Å². The normalized spacial score (nSPS) is 12.5. The molecule has 0 aliphatic carbocycles. The van der Waals surface area contributed by atoms with Gasteiger partial charge in [-0.2, -0.15) is 5.26 Å². The molecule has 0 saturated heterocycles. The van der Waals surface area contributed by atoms with Crippen molar-refractivity contribution in [1.82, 2.24) is 19.9 Å².